The average molecular weight is 420 g/mol. The Morgan fingerprint density at radius 3 is 2.61 bits per heavy atom. The molecule has 0 aliphatic carbocycles. The lowest BCUT2D eigenvalue weighted by Gasteiger charge is -2.24. The molecule has 31 heavy (non-hydrogen) atoms. The number of fused-ring (bicyclic) bond motifs is 1. The summed E-state index contributed by atoms with van der Waals surface area (Å²) in [7, 11) is 0. The molecule has 0 saturated carbocycles. The van der Waals surface area contributed by atoms with Crippen LogP contribution in [0.15, 0.2) is 48.7 Å². The van der Waals surface area contributed by atoms with Crippen LogP contribution in [0, 0.1) is 12.7 Å². The lowest BCUT2D eigenvalue weighted by Crippen LogP contribution is -2.30. The average Bonchev–Trinajstić information content (AvgIpc) is 3.08. The van der Waals surface area contributed by atoms with Crippen molar-refractivity contribution in [3.05, 3.63) is 60.3 Å². The van der Waals surface area contributed by atoms with Crippen LogP contribution in [0.3, 0.4) is 0 Å². The van der Waals surface area contributed by atoms with Gasteiger partial charge < -0.3 is 16.4 Å². The molecule has 0 aliphatic rings. The van der Waals surface area contributed by atoms with Crippen LogP contribution in [0.25, 0.3) is 28.1 Å². The monoisotopic (exact) mass is 419 g/mol. The zero-order valence-electron chi connectivity index (χ0n) is 17.7. The van der Waals surface area contributed by atoms with Crippen molar-refractivity contribution in [2.75, 3.05) is 30.3 Å². The summed E-state index contributed by atoms with van der Waals surface area (Å²) in [4.78, 5) is 15.4. The van der Waals surface area contributed by atoms with Crippen LogP contribution in [0.1, 0.15) is 19.2 Å². The van der Waals surface area contributed by atoms with Crippen molar-refractivity contribution in [2.45, 2.75) is 20.3 Å². The Hall–Kier alpha value is -3.52. The molecule has 0 radical (unpaired) electrons. The molecule has 0 aliphatic heterocycles. The van der Waals surface area contributed by atoms with Crippen molar-refractivity contribution in [2.24, 2.45) is 5.73 Å². The maximum atomic E-state index is 15.1. The van der Waals surface area contributed by atoms with Gasteiger partial charge in [-0.3, -0.25) is 4.57 Å². The molecule has 3 heterocycles. The molecule has 0 amide bonds. The van der Waals surface area contributed by atoms with Crippen LogP contribution in [-0.4, -0.2) is 39.2 Å². The van der Waals surface area contributed by atoms with Gasteiger partial charge in [-0.1, -0.05) is 6.92 Å². The Labute approximate surface area is 180 Å². The first-order valence-corrected chi connectivity index (χ1v) is 10.3. The second-order valence-electron chi connectivity index (χ2n) is 7.41. The van der Waals surface area contributed by atoms with Crippen LogP contribution in [0.4, 0.5) is 15.9 Å². The lowest BCUT2D eigenvalue weighted by molar-refractivity contribution is 0.614. The second kappa shape index (κ2) is 8.69. The molecule has 1 aromatic carbocycles. The van der Waals surface area contributed by atoms with Gasteiger partial charge in [-0.2, -0.15) is 0 Å². The summed E-state index contributed by atoms with van der Waals surface area (Å²) in [5.41, 5.74) is 15.8. The topological polar surface area (TPSA) is 98.9 Å². The number of rotatable bonds is 7. The summed E-state index contributed by atoms with van der Waals surface area (Å²) in [6.07, 6.45) is 2.56. The summed E-state index contributed by atoms with van der Waals surface area (Å²) in [5, 5.41) is 0. The molecule has 4 rings (SSSR count). The molecule has 0 fully saturated rings. The number of nitrogens with two attached hydrogens (primary N) is 2. The number of aromatic nitrogens is 4. The van der Waals surface area contributed by atoms with Crippen molar-refractivity contribution in [3.63, 3.8) is 0 Å². The van der Waals surface area contributed by atoms with Gasteiger partial charge in [0.2, 0.25) is 0 Å². The predicted octanol–water partition coefficient (Wildman–Crippen LogP) is 3.69. The van der Waals surface area contributed by atoms with Gasteiger partial charge in [-0.15, -0.1) is 0 Å². The largest absolute Gasteiger partial charge is 0.384 e. The van der Waals surface area contributed by atoms with E-state index in [0.717, 1.165) is 35.6 Å². The quantitative estimate of drug-likeness (QED) is 0.474. The van der Waals surface area contributed by atoms with Crippen molar-refractivity contribution in [3.8, 4) is 16.9 Å². The van der Waals surface area contributed by atoms with Gasteiger partial charge in [-0.05, 0) is 49.7 Å². The second-order valence-corrected chi connectivity index (χ2v) is 7.41. The Balaban J connectivity index is 1.79. The number of aryl methyl sites for hydroxylation is 1. The zero-order valence-corrected chi connectivity index (χ0v) is 17.7. The molecule has 3 aromatic heterocycles. The number of hydrogen-bond donors (Lipinski definition) is 2. The van der Waals surface area contributed by atoms with Gasteiger partial charge in [0.05, 0.1) is 17.1 Å². The highest BCUT2D eigenvalue weighted by molar-refractivity contribution is 5.78. The first kappa shape index (κ1) is 20.7. The van der Waals surface area contributed by atoms with Gasteiger partial charge in [0.25, 0.3) is 0 Å². The lowest BCUT2D eigenvalue weighted by atomic mass is 10.1. The minimum absolute atomic E-state index is 0.293. The Morgan fingerprint density at radius 2 is 1.90 bits per heavy atom. The van der Waals surface area contributed by atoms with E-state index in [9.17, 15) is 0 Å². The van der Waals surface area contributed by atoms with E-state index in [1.807, 2.05) is 40.7 Å². The highest BCUT2D eigenvalue weighted by atomic mass is 19.1. The van der Waals surface area contributed by atoms with E-state index in [0.29, 0.717) is 35.9 Å². The van der Waals surface area contributed by atoms with Crippen LogP contribution in [-0.2, 0) is 0 Å². The van der Waals surface area contributed by atoms with E-state index in [1.165, 1.54) is 6.07 Å². The molecule has 0 unspecified atom stereocenters. The Kier molecular flexibility index (Phi) is 5.81. The molecule has 0 saturated heterocycles. The van der Waals surface area contributed by atoms with Crippen LogP contribution < -0.4 is 16.4 Å². The number of halogens is 1. The van der Waals surface area contributed by atoms with Gasteiger partial charge in [0, 0.05) is 37.5 Å². The summed E-state index contributed by atoms with van der Waals surface area (Å²) < 4.78 is 17.0. The van der Waals surface area contributed by atoms with Crippen molar-refractivity contribution in [1.29, 1.82) is 0 Å². The minimum Gasteiger partial charge on any atom is -0.384 e. The number of hydrogen-bond acceptors (Lipinski definition) is 6. The van der Waals surface area contributed by atoms with Gasteiger partial charge in [0.1, 0.15) is 23.0 Å². The smallest absolute Gasteiger partial charge is 0.165 e. The van der Waals surface area contributed by atoms with E-state index in [2.05, 4.69) is 16.9 Å². The van der Waals surface area contributed by atoms with E-state index >= 15 is 4.39 Å². The third-order valence-electron chi connectivity index (χ3n) is 5.17. The molecule has 0 atom stereocenters. The van der Waals surface area contributed by atoms with Gasteiger partial charge >= 0.3 is 0 Å². The number of pyridine rings is 2. The standard InChI is InChI=1S/C23H26FN7/c1-3-11-30(12-9-25)21-7-4-17(14-18(21)24)31-15(2)28-20-6-5-19(29-23(20)31)16-8-10-27-22(26)13-16/h4-8,10,13-14H,3,9,11-12,25H2,1-2H3,(H2,26,27). The van der Waals surface area contributed by atoms with E-state index in [-0.39, 0.29) is 5.82 Å². The van der Waals surface area contributed by atoms with Gasteiger partial charge in [-0.25, -0.2) is 19.3 Å². The van der Waals surface area contributed by atoms with Crippen LogP contribution >= 0.6 is 0 Å². The zero-order chi connectivity index (χ0) is 22.0. The number of nitrogen functional groups attached to an aromatic ring is 1. The molecule has 4 aromatic rings. The fraction of sp³-hybridized carbons (Fsp3) is 0.261. The number of benzene rings is 1. The maximum Gasteiger partial charge on any atom is 0.165 e. The van der Waals surface area contributed by atoms with Crippen LogP contribution in [0.2, 0.25) is 0 Å². The molecule has 4 N–H and O–H groups in total. The number of anilines is 2. The first-order valence-electron chi connectivity index (χ1n) is 10.3. The van der Waals surface area contributed by atoms with Crippen molar-refractivity contribution < 1.29 is 4.39 Å². The fourth-order valence-electron chi connectivity index (χ4n) is 3.82. The van der Waals surface area contributed by atoms with Crippen LogP contribution in [0.5, 0.6) is 0 Å². The highest BCUT2D eigenvalue weighted by Gasteiger charge is 2.16. The summed E-state index contributed by atoms with van der Waals surface area (Å²) in [6.45, 7) is 5.78. The number of nitrogens with zero attached hydrogens (tertiary/aromatic N) is 5. The first-order chi connectivity index (χ1) is 15.0. The number of imidazole rings is 1. The molecule has 0 spiro atoms. The van der Waals surface area contributed by atoms with Crippen molar-refractivity contribution in [1.82, 2.24) is 19.5 Å². The van der Waals surface area contributed by atoms with E-state index < -0.39 is 0 Å². The Bertz CT molecular complexity index is 1210. The SMILES string of the molecule is CCCN(CCN)c1ccc(-n2c(C)nc3ccc(-c4ccnc(N)c4)nc32)cc1F. The molecular weight excluding hydrogens is 393 g/mol. The predicted molar refractivity (Wildman–Crippen MR) is 123 cm³/mol. The molecule has 0 bridgehead atoms. The Morgan fingerprint density at radius 1 is 1.06 bits per heavy atom. The highest BCUT2D eigenvalue weighted by Crippen LogP contribution is 2.27. The summed E-state index contributed by atoms with van der Waals surface area (Å²) in [5.74, 6) is 0.864. The third-order valence-corrected chi connectivity index (χ3v) is 5.17. The van der Waals surface area contributed by atoms with Gasteiger partial charge in [0.15, 0.2) is 5.65 Å². The maximum absolute atomic E-state index is 15.1. The summed E-state index contributed by atoms with van der Waals surface area (Å²) in [6, 6.07) is 12.7. The van der Waals surface area contributed by atoms with E-state index in [1.54, 1.807) is 18.3 Å². The molecule has 7 nitrogen and oxygen atoms in total. The van der Waals surface area contributed by atoms with E-state index in [4.69, 9.17) is 16.5 Å². The van der Waals surface area contributed by atoms with Crippen molar-refractivity contribution >= 4 is 22.7 Å². The molecule has 8 heteroatoms. The fourth-order valence-corrected chi connectivity index (χ4v) is 3.82. The molecular formula is C23H26FN7. The third kappa shape index (κ3) is 4.06. The minimum atomic E-state index is -0.293. The summed E-state index contributed by atoms with van der Waals surface area (Å²) >= 11 is 0. The molecule has 160 valence electrons. The normalized spacial score (nSPS) is 11.2.